The molecule has 1 aliphatic heterocycles. The summed E-state index contributed by atoms with van der Waals surface area (Å²) in [4.78, 5) is 4.60. The van der Waals surface area contributed by atoms with Gasteiger partial charge in [-0.1, -0.05) is 0 Å². The summed E-state index contributed by atoms with van der Waals surface area (Å²) in [5, 5.41) is 6.46. The highest BCUT2D eigenvalue weighted by Gasteiger charge is 2.18. The van der Waals surface area contributed by atoms with Crippen molar-refractivity contribution in [2.45, 2.75) is 25.3 Å². The predicted octanol–water partition coefficient (Wildman–Crippen LogP) is 1.76. The van der Waals surface area contributed by atoms with Crippen molar-refractivity contribution in [2.75, 3.05) is 20.3 Å². The van der Waals surface area contributed by atoms with Gasteiger partial charge in [-0.2, -0.15) is 0 Å². The SMILES string of the molecule is CNCc1nc(C2CCCOC2)cs1. The predicted molar refractivity (Wildman–Crippen MR) is 57.7 cm³/mol. The van der Waals surface area contributed by atoms with Gasteiger partial charge >= 0.3 is 0 Å². The molecular weight excluding hydrogens is 196 g/mol. The molecule has 0 radical (unpaired) electrons. The smallest absolute Gasteiger partial charge is 0.107 e. The van der Waals surface area contributed by atoms with Gasteiger partial charge in [0.1, 0.15) is 5.01 Å². The monoisotopic (exact) mass is 212 g/mol. The third-order valence-corrected chi connectivity index (χ3v) is 3.34. The topological polar surface area (TPSA) is 34.2 Å². The lowest BCUT2D eigenvalue weighted by Crippen LogP contribution is -2.16. The molecule has 1 unspecified atom stereocenters. The van der Waals surface area contributed by atoms with Crippen LogP contribution in [0.15, 0.2) is 5.38 Å². The summed E-state index contributed by atoms with van der Waals surface area (Å²) in [7, 11) is 1.95. The maximum atomic E-state index is 5.45. The van der Waals surface area contributed by atoms with Crippen LogP contribution in [-0.2, 0) is 11.3 Å². The molecule has 1 fully saturated rings. The van der Waals surface area contributed by atoms with Crippen molar-refractivity contribution in [1.29, 1.82) is 0 Å². The van der Waals surface area contributed by atoms with E-state index in [0.29, 0.717) is 5.92 Å². The second-order valence-corrected chi connectivity index (χ2v) is 4.55. The van der Waals surface area contributed by atoms with Crippen LogP contribution in [0, 0.1) is 0 Å². The van der Waals surface area contributed by atoms with E-state index in [1.54, 1.807) is 11.3 Å². The van der Waals surface area contributed by atoms with Crippen molar-refractivity contribution in [3.63, 3.8) is 0 Å². The average Bonchev–Trinajstić information content (AvgIpc) is 2.68. The second kappa shape index (κ2) is 4.87. The first-order chi connectivity index (χ1) is 6.90. The molecule has 2 rings (SSSR count). The maximum Gasteiger partial charge on any atom is 0.107 e. The van der Waals surface area contributed by atoms with Crippen molar-refractivity contribution in [3.8, 4) is 0 Å². The Morgan fingerprint density at radius 3 is 3.36 bits per heavy atom. The molecule has 1 saturated heterocycles. The summed E-state index contributed by atoms with van der Waals surface area (Å²) in [6.07, 6.45) is 2.40. The first-order valence-corrected chi connectivity index (χ1v) is 5.94. The molecule has 0 spiro atoms. The Hall–Kier alpha value is -0.450. The Labute approximate surface area is 88.5 Å². The minimum Gasteiger partial charge on any atom is -0.381 e. The van der Waals surface area contributed by atoms with Crippen molar-refractivity contribution in [3.05, 3.63) is 16.1 Å². The molecule has 1 aromatic rings. The van der Waals surface area contributed by atoms with Gasteiger partial charge in [0.2, 0.25) is 0 Å². The lowest BCUT2D eigenvalue weighted by molar-refractivity contribution is 0.0794. The third kappa shape index (κ3) is 2.32. The van der Waals surface area contributed by atoms with Crippen LogP contribution in [0.5, 0.6) is 0 Å². The van der Waals surface area contributed by atoms with Crippen LogP contribution >= 0.6 is 11.3 Å². The molecule has 0 aromatic carbocycles. The van der Waals surface area contributed by atoms with Crippen molar-refractivity contribution < 1.29 is 4.74 Å². The number of aromatic nitrogens is 1. The van der Waals surface area contributed by atoms with E-state index >= 15 is 0 Å². The average molecular weight is 212 g/mol. The first-order valence-electron chi connectivity index (χ1n) is 5.07. The fourth-order valence-corrected chi connectivity index (χ4v) is 2.61. The molecule has 1 atom stereocenters. The first kappa shape index (κ1) is 10.1. The number of nitrogens with zero attached hydrogens (tertiary/aromatic N) is 1. The molecule has 1 aliphatic rings. The van der Waals surface area contributed by atoms with E-state index in [1.807, 2.05) is 7.05 Å². The highest BCUT2D eigenvalue weighted by Crippen LogP contribution is 2.26. The van der Waals surface area contributed by atoms with Gasteiger partial charge in [-0.05, 0) is 19.9 Å². The van der Waals surface area contributed by atoms with Crippen LogP contribution in [0.3, 0.4) is 0 Å². The zero-order valence-electron chi connectivity index (χ0n) is 8.45. The van der Waals surface area contributed by atoms with Crippen LogP contribution in [-0.4, -0.2) is 25.2 Å². The maximum absolute atomic E-state index is 5.45. The fraction of sp³-hybridized carbons (Fsp3) is 0.700. The summed E-state index contributed by atoms with van der Waals surface area (Å²) in [6, 6.07) is 0. The van der Waals surface area contributed by atoms with Crippen LogP contribution in [0.2, 0.25) is 0 Å². The molecule has 0 bridgehead atoms. The molecule has 1 N–H and O–H groups in total. The van der Waals surface area contributed by atoms with Crippen LogP contribution in [0.1, 0.15) is 29.5 Å². The van der Waals surface area contributed by atoms with Gasteiger partial charge in [-0.3, -0.25) is 0 Å². The molecular formula is C10H16N2OS. The number of ether oxygens (including phenoxy) is 1. The summed E-state index contributed by atoms with van der Waals surface area (Å²) in [6.45, 7) is 2.64. The molecule has 0 saturated carbocycles. The van der Waals surface area contributed by atoms with Crippen LogP contribution in [0.4, 0.5) is 0 Å². The molecule has 3 nitrogen and oxygen atoms in total. The van der Waals surface area contributed by atoms with E-state index in [9.17, 15) is 0 Å². The number of thiazole rings is 1. The van der Waals surface area contributed by atoms with Crippen molar-refractivity contribution >= 4 is 11.3 Å². The number of nitrogens with one attached hydrogen (secondary N) is 1. The van der Waals surface area contributed by atoms with Gasteiger partial charge < -0.3 is 10.1 Å². The quantitative estimate of drug-likeness (QED) is 0.829. The zero-order valence-corrected chi connectivity index (χ0v) is 9.27. The number of rotatable bonds is 3. The summed E-state index contributed by atoms with van der Waals surface area (Å²) in [5.74, 6) is 0.533. The largest absolute Gasteiger partial charge is 0.381 e. The Bertz CT molecular complexity index is 281. The van der Waals surface area contributed by atoms with Crippen LogP contribution in [0.25, 0.3) is 0 Å². The summed E-state index contributed by atoms with van der Waals surface area (Å²) >= 11 is 1.74. The number of hydrogen-bond donors (Lipinski definition) is 1. The van der Waals surface area contributed by atoms with Gasteiger partial charge in [0.05, 0.1) is 12.3 Å². The van der Waals surface area contributed by atoms with Gasteiger partial charge in [0.15, 0.2) is 0 Å². The Morgan fingerprint density at radius 1 is 1.71 bits per heavy atom. The fourth-order valence-electron chi connectivity index (χ4n) is 1.72. The van der Waals surface area contributed by atoms with E-state index in [0.717, 1.165) is 19.8 Å². The van der Waals surface area contributed by atoms with Gasteiger partial charge in [-0.15, -0.1) is 11.3 Å². The Balaban J connectivity index is 2.00. The lowest BCUT2D eigenvalue weighted by Gasteiger charge is -2.20. The Kier molecular flexibility index (Phi) is 3.50. The Morgan fingerprint density at radius 2 is 2.64 bits per heavy atom. The molecule has 2 heterocycles. The minimum atomic E-state index is 0.533. The van der Waals surface area contributed by atoms with E-state index in [4.69, 9.17) is 4.74 Å². The second-order valence-electron chi connectivity index (χ2n) is 3.61. The van der Waals surface area contributed by atoms with Crippen molar-refractivity contribution in [1.82, 2.24) is 10.3 Å². The molecule has 1 aromatic heterocycles. The molecule has 0 aliphatic carbocycles. The van der Waals surface area contributed by atoms with E-state index in [-0.39, 0.29) is 0 Å². The molecule has 0 amide bonds. The van der Waals surface area contributed by atoms with Crippen molar-refractivity contribution in [2.24, 2.45) is 0 Å². The summed E-state index contributed by atoms with van der Waals surface area (Å²) in [5.41, 5.74) is 1.22. The van der Waals surface area contributed by atoms with Gasteiger partial charge in [0, 0.05) is 24.4 Å². The van der Waals surface area contributed by atoms with Gasteiger partial charge in [0.25, 0.3) is 0 Å². The highest BCUT2D eigenvalue weighted by atomic mass is 32.1. The van der Waals surface area contributed by atoms with E-state index in [1.165, 1.54) is 23.5 Å². The molecule has 4 heteroatoms. The molecule has 78 valence electrons. The zero-order chi connectivity index (χ0) is 9.80. The third-order valence-electron chi connectivity index (χ3n) is 2.48. The standard InChI is InChI=1S/C10H16N2OS/c1-11-5-10-12-9(7-14-10)8-3-2-4-13-6-8/h7-8,11H,2-6H2,1H3. The van der Waals surface area contributed by atoms with Crippen LogP contribution < -0.4 is 5.32 Å². The lowest BCUT2D eigenvalue weighted by atomic mass is 10.00. The van der Waals surface area contributed by atoms with E-state index < -0.39 is 0 Å². The number of hydrogen-bond acceptors (Lipinski definition) is 4. The summed E-state index contributed by atoms with van der Waals surface area (Å²) < 4.78 is 5.45. The highest BCUT2D eigenvalue weighted by molar-refractivity contribution is 7.09. The molecule has 14 heavy (non-hydrogen) atoms. The minimum absolute atomic E-state index is 0.533. The normalized spacial score (nSPS) is 22.5. The van der Waals surface area contributed by atoms with Gasteiger partial charge in [-0.25, -0.2) is 4.98 Å². The van der Waals surface area contributed by atoms with E-state index in [2.05, 4.69) is 15.7 Å².